The van der Waals surface area contributed by atoms with E-state index < -0.39 is 5.91 Å². The number of hydrogen-bond donors (Lipinski definition) is 2. The normalized spacial score (nSPS) is 12.2. The smallest absolute Gasteiger partial charge is 0.251 e. The monoisotopic (exact) mass is 364 g/mol. The van der Waals surface area contributed by atoms with Crippen molar-refractivity contribution >= 4 is 61.5 Å². The van der Waals surface area contributed by atoms with E-state index in [1.807, 2.05) is 11.4 Å². The Morgan fingerprint density at radius 3 is 2.83 bits per heavy atom. The maximum absolute atomic E-state index is 12.3. The van der Waals surface area contributed by atoms with Crippen molar-refractivity contribution in [3.8, 4) is 0 Å². The maximum atomic E-state index is 12.3. The van der Waals surface area contributed by atoms with Crippen molar-refractivity contribution in [2.24, 2.45) is 5.73 Å². The van der Waals surface area contributed by atoms with Crippen LogP contribution in [0.4, 0.5) is 5.00 Å². The zero-order valence-corrected chi connectivity index (χ0v) is 14.4. The first-order chi connectivity index (χ1) is 11.1. The number of nitrogens with zero attached hydrogens (tertiary/aromatic N) is 2. The fraction of sp³-hybridized carbons (Fsp3) is 0.143. The molecule has 0 saturated carbocycles. The maximum Gasteiger partial charge on any atom is 0.251 e. The summed E-state index contributed by atoms with van der Waals surface area (Å²) in [7, 11) is 0. The highest BCUT2D eigenvalue weighted by atomic mass is 32.2. The van der Waals surface area contributed by atoms with Crippen LogP contribution in [0.1, 0.15) is 17.3 Å². The number of fused-ring (bicyclic) bond motifs is 1. The van der Waals surface area contributed by atoms with E-state index in [2.05, 4.69) is 15.3 Å². The van der Waals surface area contributed by atoms with Gasteiger partial charge in [-0.3, -0.25) is 9.59 Å². The number of carbonyl (C=O) groups excluding carboxylic acids is 2. The number of aromatic nitrogens is 2. The fourth-order valence-electron chi connectivity index (χ4n) is 1.88. The zero-order valence-electron chi connectivity index (χ0n) is 12.0. The molecule has 0 radical (unpaired) electrons. The van der Waals surface area contributed by atoms with Gasteiger partial charge in [-0.05, 0) is 29.8 Å². The van der Waals surface area contributed by atoms with Gasteiger partial charge in [-0.2, -0.15) is 0 Å². The van der Waals surface area contributed by atoms with E-state index in [-0.39, 0.29) is 11.2 Å². The predicted molar refractivity (Wildman–Crippen MR) is 94.2 cm³/mol. The van der Waals surface area contributed by atoms with E-state index in [1.165, 1.54) is 29.4 Å². The molecule has 3 aromatic heterocycles. The summed E-state index contributed by atoms with van der Waals surface area (Å²) in [4.78, 5) is 32.1. The van der Waals surface area contributed by atoms with E-state index in [0.717, 1.165) is 15.2 Å². The highest BCUT2D eigenvalue weighted by Gasteiger charge is 2.20. The zero-order chi connectivity index (χ0) is 16.4. The van der Waals surface area contributed by atoms with Crippen LogP contribution < -0.4 is 11.1 Å². The number of thiophene rings is 2. The van der Waals surface area contributed by atoms with Crippen LogP contribution in [-0.4, -0.2) is 27.0 Å². The number of amides is 2. The van der Waals surface area contributed by atoms with Gasteiger partial charge in [0.25, 0.3) is 5.91 Å². The first kappa shape index (κ1) is 15.9. The number of primary amides is 1. The van der Waals surface area contributed by atoms with Gasteiger partial charge >= 0.3 is 0 Å². The largest absolute Gasteiger partial charge is 0.366 e. The summed E-state index contributed by atoms with van der Waals surface area (Å²) in [6, 6.07) is 3.52. The van der Waals surface area contributed by atoms with Crippen LogP contribution >= 0.6 is 34.4 Å². The number of anilines is 1. The van der Waals surface area contributed by atoms with Crippen molar-refractivity contribution in [2.45, 2.75) is 17.2 Å². The minimum absolute atomic E-state index is 0.205. The Kier molecular flexibility index (Phi) is 4.60. The van der Waals surface area contributed by atoms with E-state index in [9.17, 15) is 9.59 Å². The van der Waals surface area contributed by atoms with Crippen LogP contribution in [0.5, 0.6) is 0 Å². The summed E-state index contributed by atoms with van der Waals surface area (Å²) in [5, 5.41) is 7.28. The minimum atomic E-state index is -0.557. The van der Waals surface area contributed by atoms with Gasteiger partial charge in [0.15, 0.2) is 0 Å². The van der Waals surface area contributed by atoms with E-state index in [1.54, 1.807) is 29.7 Å². The molecule has 6 nitrogen and oxygen atoms in total. The molecule has 3 N–H and O–H groups in total. The highest BCUT2D eigenvalue weighted by molar-refractivity contribution is 8.00. The third-order valence-corrected chi connectivity index (χ3v) is 6.01. The molecule has 0 aromatic carbocycles. The Hall–Kier alpha value is -1.97. The summed E-state index contributed by atoms with van der Waals surface area (Å²) in [5.41, 5.74) is 6.47. The van der Waals surface area contributed by atoms with Gasteiger partial charge < -0.3 is 11.1 Å². The summed E-state index contributed by atoms with van der Waals surface area (Å²) in [5.74, 6) is -0.763. The third kappa shape index (κ3) is 3.36. The highest BCUT2D eigenvalue weighted by Crippen LogP contribution is 2.32. The number of thioether (sulfide) groups is 1. The second kappa shape index (κ2) is 6.65. The van der Waals surface area contributed by atoms with Gasteiger partial charge in [0.1, 0.15) is 16.4 Å². The number of hydrogen-bond acceptors (Lipinski definition) is 7. The number of rotatable bonds is 5. The molecule has 0 aliphatic carbocycles. The van der Waals surface area contributed by atoms with E-state index in [4.69, 9.17) is 5.73 Å². The molecule has 0 fully saturated rings. The Balaban J connectivity index is 1.74. The fourth-order valence-corrected chi connectivity index (χ4v) is 4.52. The Morgan fingerprint density at radius 1 is 1.26 bits per heavy atom. The molecule has 3 heterocycles. The average Bonchev–Trinajstić information content (AvgIpc) is 3.16. The molecule has 0 spiro atoms. The first-order valence-corrected chi connectivity index (χ1v) is 9.23. The lowest BCUT2D eigenvalue weighted by Gasteiger charge is -2.11. The average molecular weight is 364 g/mol. The van der Waals surface area contributed by atoms with Crippen LogP contribution in [0.3, 0.4) is 0 Å². The molecule has 0 aliphatic heterocycles. The van der Waals surface area contributed by atoms with Crippen molar-refractivity contribution in [3.05, 3.63) is 34.8 Å². The van der Waals surface area contributed by atoms with Gasteiger partial charge in [0.2, 0.25) is 5.91 Å². The van der Waals surface area contributed by atoms with Crippen LogP contribution in [0.15, 0.2) is 34.2 Å². The van der Waals surface area contributed by atoms with E-state index in [0.29, 0.717) is 10.6 Å². The van der Waals surface area contributed by atoms with Crippen molar-refractivity contribution < 1.29 is 9.59 Å². The Morgan fingerprint density at radius 2 is 2.04 bits per heavy atom. The van der Waals surface area contributed by atoms with Crippen LogP contribution in [0.25, 0.3) is 10.2 Å². The SMILES string of the molecule is CC(Sc1ncnc2ccsc12)C(=O)Nc1sccc1C(N)=O. The molecule has 0 aliphatic rings. The van der Waals surface area contributed by atoms with Gasteiger partial charge in [0, 0.05) is 0 Å². The van der Waals surface area contributed by atoms with Crippen molar-refractivity contribution in [2.75, 3.05) is 5.32 Å². The standard InChI is InChI=1S/C14H12N4O2S3/c1-7(12(20)18-13-8(11(15)19)2-4-22-13)23-14-10-9(3-5-21-10)16-6-17-14/h2-7H,1H3,(H2,15,19)(H,18,20). The Labute approximate surface area is 144 Å². The first-order valence-electron chi connectivity index (χ1n) is 6.59. The topological polar surface area (TPSA) is 98.0 Å². The molecule has 1 unspecified atom stereocenters. The molecule has 0 bridgehead atoms. The molecule has 3 aromatic rings. The lowest BCUT2D eigenvalue weighted by molar-refractivity contribution is -0.115. The summed E-state index contributed by atoms with van der Waals surface area (Å²) >= 11 is 4.17. The second-order valence-corrected chi connectivity index (χ2v) is 7.75. The van der Waals surface area contributed by atoms with E-state index >= 15 is 0 Å². The molecule has 9 heteroatoms. The number of carbonyl (C=O) groups is 2. The minimum Gasteiger partial charge on any atom is -0.366 e. The quantitative estimate of drug-likeness (QED) is 0.536. The Bertz CT molecular complexity index is 874. The van der Waals surface area contributed by atoms with Crippen LogP contribution in [0, 0.1) is 0 Å². The molecule has 3 rings (SSSR count). The molecule has 23 heavy (non-hydrogen) atoms. The summed E-state index contributed by atoms with van der Waals surface area (Å²) in [6.45, 7) is 1.79. The second-order valence-electron chi connectivity index (χ2n) is 4.59. The predicted octanol–water partition coefficient (Wildman–Crippen LogP) is 2.97. The molecular formula is C14H12N4O2S3. The van der Waals surface area contributed by atoms with Crippen molar-refractivity contribution in [3.63, 3.8) is 0 Å². The molecule has 2 amide bonds. The summed E-state index contributed by atoms with van der Waals surface area (Å²) in [6.07, 6.45) is 1.49. The summed E-state index contributed by atoms with van der Waals surface area (Å²) < 4.78 is 0.964. The molecule has 118 valence electrons. The van der Waals surface area contributed by atoms with Gasteiger partial charge in [-0.15, -0.1) is 22.7 Å². The van der Waals surface area contributed by atoms with Crippen molar-refractivity contribution in [1.29, 1.82) is 0 Å². The molecular weight excluding hydrogens is 352 g/mol. The van der Waals surface area contributed by atoms with Gasteiger partial charge in [-0.25, -0.2) is 9.97 Å². The van der Waals surface area contributed by atoms with Crippen LogP contribution in [-0.2, 0) is 4.79 Å². The lowest BCUT2D eigenvalue weighted by atomic mass is 10.3. The van der Waals surface area contributed by atoms with Gasteiger partial charge in [-0.1, -0.05) is 11.8 Å². The lowest BCUT2D eigenvalue weighted by Crippen LogP contribution is -2.23. The number of nitrogens with one attached hydrogen (secondary N) is 1. The molecule has 0 saturated heterocycles. The van der Waals surface area contributed by atoms with Crippen molar-refractivity contribution in [1.82, 2.24) is 9.97 Å². The van der Waals surface area contributed by atoms with Crippen LogP contribution in [0.2, 0.25) is 0 Å². The third-order valence-electron chi connectivity index (χ3n) is 3.04. The van der Waals surface area contributed by atoms with Gasteiger partial charge in [0.05, 0.1) is 21.0 Å². The molecule has 1 atom stereocenters. The number of nitrogens with two attached hydrogens (primary N) is 1.